The maximum Gasteiger partial charge on any atom is 0.306 e. The highest BCUT2D eigenvalue weighted by atomic mass is 16.7. The molecule has 0 unspecified atom stereocenters. The van der Waals surface area contributed by atoms with E-state index in [1.807, 2.05) is 0 Å². The Morgan fingerprint density at radius 3 is 2.49 bits per heavy atom. The zero-order valence-electron chi connectivity index (χ0n) is 25.5. The molecule has 0 N–H and O–H groups in total. The average molecular weight is 516 g/mol. The first-order valence-corrected chi connectivity index (χ1v) is 16.6. The molecule has 4 aliphatic carbocycles. The number of hydrogen-bond acceptors (Lipinski definition) is 2. The topological polar surface area (TPSA) is 26.3 Å². The van der Waals surface area contributed by atoms with Crippen molar-refractivity contribution in [2.75, 3.05) is 0 Å². The predicted molar refractivity (Wildman–Crippen MR) is 156 cm³/mol. The minimum Gasteiger partial charge on any atom is -0.462 e. The molecule has 0 radical (unpaired) electrons. The summed E-state index contributed by atoms with van der Waals surface area (Å²) in [7, 11) is 0. The van der Waals surface area contributed by atoms with E-state index in [9.17, 15) is 4.79 Å². The minimum absolute atomic E-state index is 0.0485. The van der Waals surface area contributed by atoms with Crippen LogP contribution in [0, 0.1) is 46.3 Å². The third-order valence-electron chi connectivity index (χ3n) is 12.0. The number of allylic oxidation sites excluding steroid dienone is 1. The summed E-state index contributed by atoms with van der Waals surface area (Å²) in [6, 6.07) is 0. The van der Waals surface area contributed by atoms with Crippen molar-refractivity contribution in [2.24, 2.45) is 46.3 Å². The van der Waals surface area contributed by atoms with Crippen molar-refractivity contribution in [2.45, 2.75) is 157 Å². The molecule has 37 heavy (non-hydrogen) atoms. The van der Waals surface area contributed by atoms with Crippen LogP contribution in [0.5, 0.6) is 0 Å². The molecule has 8 atom stereocenters. The highest BCUT2D eigenvalue weighted by Crippen LogP contribution is 2.67. The van der Waals surface area contributed by atoms with Crippen molar-refractivity contribution in [3.8, 4) is 0 Å². The van der Waals surface area contributed by atoms with Crippen LogP contribution in [0.2, 0.25) is 0 Å². The van der Waals surface area contributed by atoms with E-state index in [0.717, 1.165) is 61.2 Å². The van der Waals surface area contributed by atoms with Gasteiger partial charge in [-0.15, -0.1) is 0 Å². The first-order chi connectivity index (χ1) is 17.7. The second-order valence-corrected chi connectivity index (χ2v) is 14.8. The van der Waals surface area contributed by atoms with Crippen molar-refractivity contribution in [3.63, 3.8) is 0 Å². The standard InChI is InChI=1S/C35H60O2/c1-7-8-9-10-11-15-33(36)37-28-20-22-34(5)27(24-28)16-17-29-31-19-18-30(26(4)14-12-13-25(2)3)35(31,6)23-21-32(29)34/h16,25-26,28-32H,7-15,17-24H2,1-6H3/t26-,28+,29+,30-,31+,32+,34+,35-/m1/s1/i24+1,28+1,33+1. The second kappa shape index (κ2) is 12.6. The number of ether oxygens (including phenoxy) is 1. The first kappa shape index (κ1) is 29.2. The first-order valence-electron chi connectivity index (χ1n) is 16.6. The number of esters is 1. The Kier molecular flexibility index (Phi) is 9.94. The Balaban J connectivity index is 1.34. The monoisotopic (exact) mass is 515 g/mol. The van der Waals surface area contributed by atoms with Crippen LogP contribution in [-0.2, 0) is 9.53 Å². The number of fused-ring (bicyclic) bond motifs is 5. The summed E-state index contributed by atoms with van der Waals surface area (Å²) in [6.45, 7) is 14.9. The summed E-state index contributed by atoms with van der Waals surface area (Å²) < 4.78 is 6.02. The summed E-state index contributed by atoms with van der Waals surface area (Å²) in [4.78, 5) is 12.5. The average Bonchev–Trinajstić information content (AvgIpc) is 3.21. The van der Waals surface area contributed by atoms with Gasteiger partial charge >= 0.3 is 5.97 Å². The Morgan fingerprint density at radius 1 is 0.946 bits per heavy atom. The molecule has 3 saturated carbocycles. The molecule has 3 fully saturated rings. The van der Waals surface area contributed by atoms with E-state index in [4.69, 9.17) is 4.74 Å². The number of hydrogen-bond donors (Lipinski definition) is 0. The molecule has 212 valence electrons. The SMILES string of the molecule is CCCCCCC[13C](=O)O[13C@H]1CC[C@@]2(C)C(=CC[C@H]3[C@@H]4CC[C@H]([C@H](C)CCCC(C)C)[C@@]4(C)CC[C@@H]32)[13CH2]1. The number of carbonyl (C=O) groups is 1. The predicted octanol–water partition coefficient (Wildman–Crippen LogP) is 10.3. The van der Waals surface area contributed by atoms with E-state index in [-0.39, 0.29) is 12.1 Å². The largest absolute Gasteiger partial charge is 0.462 e. The van der Waals surface area contributed by atoms with E-state index in [1.165, 1.54) is 77.0 Å². The van der Waals surface area contributed by atoms with Crippen molar-refractivity contribution in [1.29, 1.82) is 0 Å². The van der Waals surface area contributed by atoms with Crippen LogP contribution in [0.25, 0.3) is 0 Å². The molecule has 2 heteroatoms. The fraction of sp³-hybridized carbons (Fsp3) is 0.914. The van der Waals surface area contributed by atoms with Gasteiger partial charge in [0, 0.05) is 12.8 Å². The second-order valence-electron chi connectivity index (χ2n) is 14.8. The summed E-state index contributed by atoms with van der Waals surface area (Å²) in [6.07, 6.45) is 23.9. The highest BCUT2D eigenvalue weighted by Gasteiger charge is 2.59. The Labute approximate surface area is 230 Å². The van der Waals surface area contributed by atoms with Crippen LogP contribution in [0.15, 0.2) is 11.6 Å². The van der Waals surface area contributed by atoms with Crippen LogP contribution in [0.4, 0.5) is 0 Å². The van der Waals surface area contributed by atoms with E-state index in [0.29, 0.717) is 17.3 Å². The van der Waals surface area contributed by atoms with Gasteiger partial charge in [-0.3, -0.25) is 4.79 Å². The molecule has 0 saturated heterocycles. The van der Waals surface area contributed by atoms with E-state index in [1.54, 1.807) is 5.57 Å². The molecule has 4 rings (SSSR count). The maximum absolute atomic E-state index is 12.5. The molecule has 4 aliphatic rings. The summed E-state index contributed by atoms with van der Waals surface area (Å²) in [5.41, 5.74) is 2.54. The molecule has 0 amide bonds. The normalized spacial score (nSPS) is 37.9. The van der Waals surface area contributed by atoms with Gasteiger partial charge in [-0.05, 0) is 97.7 Å². The van der Waals surface area contributed by atoms with Crippen molar-refractivity contribution in [3.05, 3.63) is 11.6 Å². The van der Waals surface area contributed by atoms with Crippen LogP contribution in [0.3, 0.4) is 0 Å². The lowest BCUT2D eigenvalue weighted by atomic mass is 9.48. The molecule has 0 aromatic carbocycles. The van der Waals surface area contributed by atoms with Gasteiger partial charge in [0.05, 0.1) is 0 Å². The molecule has 0 aliphatic heterocycles. The molecule has 0 bridgehead atoms. The molecule has 2 nitrogen and oxygen atoms in total. The van der Waals surface area contributed by atoms with Gasteiger partial charge in [0.15, 0.2) is 0 Å². The fourth-order valence-corrected chi connectivity index (χ4v) is 9.87. The van der Waals surface area contributed by atoms with E-state index >= 15 is 0 Å². The van der Waals surface area contributed by atoms with Crippen molar-refractivity contribution >= 4 is 5.97 Å². The smallest absolute Gasteiger partial charge is 0.306 e. The molecule has 0 spiro atoms. The van der Waals surface area contributed by atoms with Crippen molar-refractivity contribution < 1.29 is 9.53 Å². The van der Waals surface area contributed by atoms with Crippen LogP contribution >= 0.6 is 0 Å². The quantitative estimate of drug-likeness (QED) is 0.112. The molecule has 0 aromatic heterocycles. The third kappa shape index (κ3) is 6.35. The van der Waals surface area contributed by atoms with Crippen LogP contribution < -0.4 is 0 Å². The molecule has 0 heterocycles. The van der Waals surface area contributed by atoms with Crippen molar-refractivity contribution in [1.82, 2.24) is 0 Å². The van der Waals surface area contributed by atoms with Crippen LogP contribution in [-0.4, -0.2) is 12.1 Å². The number of carbonyl (C=O) groups excluding carboxylic acids is 1. The fourth-order valence-electron chi connectivity index (χ4n) is 9.87. The van der Waals surface area contributed by atoms with Gasteiger partial charge in [-0.2, -0.15) is 0 Å². The maximum atomic E-state index is 12.5. The van der Waals surface area contributed by atoms with Gasteiger partial charge in [0.2, 0.25) is 0 Å². The zero-order valence-corrected chi connectivity index (χ0v) is 25.5. The van der Waals surface area contributed by atoms with Crippen LogP contribution in [0.1, 0.15) is 151 Å². The molecular weight excluding hydrogens is 455 g/mol. The van der Waals surface area contributed by atoms with Gasteiger partial charge in [0.1, 0.15) is 6.10 Å². The van der Waals surface area contributed by atoms with Gasteiger partial charge in [-0.25, -0.2) is 0 Å². The molecule has 0 aromatic rings. The van der Waals surface area contributed by atoms with E-state index in [2.05, 4.69) is 47.6 Å². The lowest BCUT2D eigenvalue weighted by Gasteiger charge is -2.58. The Bertz CT molecular complexity index is 782. The lowest BCUT2D eigenvalue weighted by molar-refractivity contribution is -0.151. The highest BCUT2D eigenvalue weighted by molar-refractivity contribution is 5.69. The zero-order chi connectivity index (χ0) is 26.6. The van der Waals surface area contributed by atoms with Gasteiger partial charge in [0.25, 0.3) is 0 Å². The summed E-state index contributed by atoms with van der Waals surface area (Å²) in [5, 5.41) is 0. The number of rotatable bonds is 12. The lowest BCUT2D eigenvalue weighted by Crippen LogP contribution is -2.51. The van der Waals surface area contributed by atoms with E-state index < -0.39 is 0 Å². The van der Waals surface area contributed by atoms with Gasteiger partial charge in [-0.1, -0.05) is 98.1 Å². The number of unbranched alkanes of at least 4 members (excludes halogenated alkanes) is 4. The summed E-state index contributed by atoms with van der Waals surface area (Å²) in [5.74, 6) is 5.34. The minimum atomic E-state index is 0.0485. The summed E-state index contributed by atoms with van der Waals surface area (Å²) >= 11 is 0. The third-order valence-corrected chi connectivity index (χ3v) is 12.0. The van der Waals surface area contributed by atoms with Gasteiger partial charge < -0.3 is 4.74 Å². The Morgan fingerprint density at radius 2 is 1.73 bits per heavy atom. The Hall–Kier alpha value is -0.790. The molecular formula is C35H60O2.